The molecule has 0 saturated carbocycles. The molecule has 4 rings (SSSR count). The molecular formula is C21H18ClN5O3. The molecule has 1 aliphatic heterocycles. The predicted octanol–water partition coefficient (Wildman–Crippen LogP) is 3.67. The van der Waals surface area contributed by atoms with Crippen LogP contribution in [0.3, 0.4) is 0 Å². The van der Waals surface area contributed by atoms with Crippen molar-refractivity contribution >= 4 is 29.0 Å². The number of carbonyl (C=O) groups is 1. The Kier molecular flexibility index (Phi) is 5.58. The van der Waals surface area contributed by atoms with E-state index in [0.29, 0.717) is 26.2 Å². The lowest BCUT2D eigenvalue weighted by Crippen LogP contribution is -2.49. The highest BCUT2D eigenvalue weighted by atomic mass is 35.5. The maximum absolute atomic E-state index is 12.8. The zero-order valence-electron chi connectivity index (χ0n) is 15.9. The number of nitro groups is 1. The van der Waals surface area contributed by atoms with E-state index >= 15 is 0 Å². The molecule has 9 heteroatoms. The molecule has 0 N–H and O–H groups in total. The first-order valence-electron chi connectivity index (χ1n) is 9.40. The van der Waals surface area contributed by atoms with Crippen molar-refractivity contribution in [3.63, 3.8) is 0 Å². The van der Waals surface area contributed by atoms with Crippen molar-refractivity contribution in [2.45, 2.75) is 0 Å². The second-order valence-electron chi connectivity index (χ2n) is 6.84. The molecule has 1 fully saturated rings. The minimum atomic E-state index is -0.566. The Hall–Kier alpha value is -3.52. The monoisotopic (exact) mass is 423 g/mol. The van der Waals surface area contributed by atoms with Gasteiger partial charge in [0, 0.05) is 42.8 Å². The number of hydrogen-bond acceptors (Lipinski definition) is 6. The zero-order valence-corrected chi connectivity index (χ0v) is 16.7. The fraction of sp³-hybridized carbons (Fsp3) is 0.190. The molecule has 1 aromatic heterocycles. The maximum atomic E-state index is 12.8. The summed E-state index contributed by atoms with van der Waals surface area (Å²) >= 11 is 5.95. The van der Waals surface area contributed by atoms with Crippen molar-refractivity contribution < 1.29 is 9.72 Å². The number of piperazine rings is 1. The lowest BCUT2D eigenvalue weighted by atomic mass is 10.1. The lowest BCUT2D eigenvalue weighted by molar-refractivity contribution is -0.385. The summed E-state index contributed by atoms with van der Waals surface area (Å²) in [5, 5.41) is 20.2. The van der Waals surface area contributed by atoms with Gasteiger partial charge in [0.25, 0.3) is 11.6 Å². The summed E-state index contributed by atoms with van der Waals surface area (Å²) < 4.78 is 0. The van der Waals surface area contributed by atoms with Crippen LogP contribution in [0.15, 0.2) is 60.7 Å². The Morgan fingerprint density at radius 2 is 1.70 bits per heavy atom. The van der Waals surface area contributed by atoms with E-state index in [1.165, 1.54) is 18.2 Å². The third-order valence-electron chi connectivity index (χ3n) is 5.00. The first-order chi connectivity index (χ1) is 14.5. The van der Waals surface area contributed by atoms with E-state index in [0.717, 1.165) is 17.1 Å². The summed E-state index contributed by atoms with van der Waals surface area (Å²) in [5.41, 5.74) is 1.55. The molecule has 30 heavy (non-hydrogen) atoms. The summed E-state index contributed by atoms with van der Waals surface area (Å²) in [6.45, 7) is 1.95. The normalized spacial score (nSPS) is 13.9. The molecule has 2 aromatic carbocycles. The van der Waals surface area contributed by atoms with Gasteiger partial charge in [-0.2, -0.15) is 0 Å². The minimum absolute atomic E-state index is 0.00737. The van der Waals surface area contributed by atoms with Crippen LogP contribution in [-0.2, 0) is 0 Å². The van der Waals surface area contributed by atoms with Gasteiger partial charge in [0.2, 0.25) is 0 Å². The van der Waals surface area contributed by atoms with Crippen LogP contribution in [-0.4, -0.2) is 52.1 Å². The van der Waals surface area contributed by atoms with Gasteiger partial charge in [-0.05, 0) is 24.3 Å². The Morgan fingerprint density at radius 3 is 2.33 bits per heavy atom. The number of rotatable bonds is 4. The minimum Gasteiger partial charge on any atom is -0.352 e. The summed E-state index contributed by atoms with van der Waals surface area (Å²) in [7, 11) is 0. The van der Waals surface area contributed by atoms with Gasteiger partial charge in [0.15, 0.2) is 5.82 Å². The molecule has 0 aliphatic carbocycles. The Bertz CT molecular complexity index is 1070. The molecule has 152 valence electrons. The largest absolute Gasteiger partial charge is 0.352 e. The van der Waals surface area contributed by atoms with Crippen molar-refractivity contribution in [2.24, 2.45) is 0 Å². The highest BCUT2D eigenvalue weighted by Crippen LogP contribution is 2.25. The second-order valence-corrected chi connectivity index (χ2v) is 7.28. The van der Waals surface area contributed by atoms with E-state index in [2.05, 4.69) is 10.2 Å². The predicted molar refractivity (Wildman–Crippen MR) is 114 cm³/mol. The summed E-state index contributed by atoms with van der Waals surface area (Å²) in [6.07, 6.45) is 0. The van der Waals surface area contributed by atoms with Crippen molar-refractivity contribution in [3.05, 3.63) is 81.4 Å². The van der Waals surface area contributed by atoms with Gasteiger partial charge in [-0.15, -0.1) is 10.2 Å². The molecular weight excluding hydrogens is 406 g/mol. The standard InChI is InChI=1S/C21H18ClN5O3/c22-16-6-8-19(27(29)30)17(14-16)21(28)26-12-10-25(11-13-26)20-9-7-18(23-24-20)15-4-2-1-3-5-15/h1-9,14H,10-13H2. The van der Waals surface area contributed by atoms with Gasteiger partial charge in [-0.3, -0.25) is 14.9 Å². The number of amides is 1. The van der Waals surface area contributed by atoms with Crippen molar-refractivity contribution in [2.75, 3.05) is 31.1 Å². The number of benzene rings is 2. The average molecular weight is 424 g/mol. The SMILES string of the molecule is O=C(c1cc(Cl)ccc1[N+](=O)[O-])N1CCN(c2ccc(-c3ccccc3)nn2)CC1. The average Bonchev–Trinajstić information content (AvgIpc) is 2.79. The summed E-state index contributed by atoms with van der Waals surface area (Å²) in [4.78, 5) is 27.2. The summed E-state index contributed by atoms with van der Waals surface area (Å²) in [5.74, 6) is 0.338. The maximum Gasteiger partial charge on any atom is 0.282 e. The third kappa shape index (κ3) is 4.08. The number of nitro benzene ring substituents is 1. The smallest absolute Gasteiger partial charge is 0.282 e. The molecule has 1 amide bonds. The number of nitrogens with zero attached hydrogens (tertiary/aromatic N) is 5. The fourth-order valence-electron chi connectivity index (χ4n) is 3.40. The van der Waals surface area contributed by atoms with Crippen LogP contribution in [0.4, 0.5) is 11.5 Å². The van der Waals surface area contributed by atoms with Gasteiger partial charge < -0.3 is 9.80 Å². The molecule has 1 saturated heterocycles. The Labute approximate surface area is 177 Å². The van der Waals surface area contributed by atoms with Gasteiger partial charge in [-0.25, -0.2) is 0 Å². The zero-order chi connectivity index (χ0) is 21.1. The van der Waals surface area contributed by atoms with Gasteiger partial charge in [0.1, 0.15) is 5.56 Å². The van der Waals surface area contributed by atoms with Gasteiger partial charge >= 0.3 is 0 Å². The molecule has 8 nitrogen and oxygen atoms in total. The molecule has 0 radical (unpaired) electrons. The van der Waals surface area contributed by atoms with Crippen molar-refractivity contribution in [3.8, 4) is 11.3 Å². The molecule has 0 unspecified atom stereocenters. The highest BCUT2D eigenvalue weighted by molar-refractivity contribution is 6.31. The Morgan fingerprint density at radius 1 is 0.967 bits per heavy atom. The van der Waals surface area contributed by atoms with E-state index < -0.39 is 10.8 Å². The first kappa shape index (κ1) is 19.8. The Balaban J connectivity index is 1.44. The van der Waals surface area contributed by atoms with Gasteiger partial charge in [-0.1, -0.05) is 41.9 Å². The molecule has 2 heterocycles. The van der Waals surface area contributed by atoms with Crippen LogP contribution >= 0.6 is 11.6 Å². The van der Waals surface area contributed by atoms with Crippen LogP contribution in [0.1, 0.15) is 10.4 Å². The van der Waals surface area contributed by atoms with Gasteiger partial charge in [0.05, 0.1) is 10.6 Å². The topological polar surface area (TPSA) is 92.5 Å². The van der Waals surface area contributed by atoms with E-state index in [9.17, 15) is 14.9 Å². The second kappa shape index (κ2) is 8.46. The fourth-order valence-corrected chi connectivity index (χ4v) is 3.58. The van der Waals surface area contributed by atoms with E-state index in [-0.39, 0.29) is 16.3 Å². The first-order valence-corrected chi connectivity index (χ1v) is 9.78. The van der Waals surface area contributed by atoms with Crippen LogP contribution in [0.5, 0.6) is 0 Å². The highest BCUT2D eigenvalue weighted by Gasteiger charge is 2.28. The van der Waals surface area contributed by atoms with E-state index in [1.807, 2.05) is 47.4 Å². The molecule has 3 aromatic rings. The van der Waals surface area contributed by atoms with E-state index in [1.54, 1.807) is 4.90 Å². The number of anilines is 1. The number of hydrogen-bond donors (Lipinski definition) is 0. The van der Waals surface area contributed by atoms with Crippen molar-refractivity contribution in [1.82, 2.24) is 15.1 Å². The van der Waals surface area contributed by atoms with E-state index in [4.69, 9.17) is 11.6 Å². The number of carbonyl (C=O) groups excluding carboxylic acids is 1. The quantitative estimate of drug-likeness (QED) is 0.469. The number of aromatic nitrogens is 2. The number of halogens is 1. The molecule has 0 atom stereocenters. The molecule has 1 aliphatic rings. The van der Waals surface area contributed by atoms with Crippen LogP contribution < -0.4 is 4.90 Å². The summed E-state index contributed by atoms with van der Waals surface area (Å²) in [6, 6.07) is 17.6. The third-order valence-corrected chi connectivity index (χ3v) is 5.23. The molecule has 0 bridgehead atoms. The van der Waals surface area contributed by atoms with Crippen LogP contribution in [0, 0.1) is 10.1 Å². The van der Waals surface area contributed by atoms with Crippen molar-refractivity contribution in [1.29, 1.82) is 0 Å². The molecule has 0 spiro atoms. The van der Waals surface area contributed by atoms with Crippen LogP contribution in [0.25, 0.3) is 11.3 Å². The van der Waals surface area contributed by atoms with Crippen LogP contribution in [0.2, 0.25) is 5.02 Å². The lowest BCUT2D eigenvalue weighted by Gasteiger charge is -2.35.